The number of aromatic nitrogens is 2. The van der Waals surface area contributed by atoms with E-state index in [4.69, 9.17) is 17.3 Å². The Hall–Kier alpha value is -1.33. The van der Waals surface area contributed by atoms with Gasteiger partial charge in [0.05, 0.1) is 4.47 Å². The Morgan fingerprint density at radius 3 is 2.94 bits per heavy atom. The highest BCUT2D eigenvalue weighted by molar-refractivity contribution is 9.10. The van der Waals surface area contributed by atoms with Gasteiger partial charge >= 0.3 is 0 Å². The fraction of sp³-hybridized carbons (Fsp3) is 0.167. The van der Waals surface area contributed by atoms with Crippen molar-refractivity contribution in [2.45, 2.75) is 6.54 Å². The summed E-state index contributed by atoms with van der Waals surface area (Å²) in [6.07, 6.45) is 3.22. The first-order chi connectivity index (χ1) is 8.58. The molecule has 0 bridgehead atoms. The summed E-state index contributed by atoms with van der Waals surface area (Å²) in [5, 5.41) is 0.696. The number of nitrogen functional groups attached to an aromatic ring is 1. The quantitative estimate of drug-likeness (QED) is 0.880. The maximum Gasteiger partial charge on any atom is 0.146 e. The van der Waals surface area contributed by atoms with Gasteiger partial charge in [-0.2, -0.15) is 0 Å². The van der Waals surface area contributed by atoms with Crippen molar-refractivity contribution >= 4 is 39.0 Å². The maximum absolute atomic E-state index is 6.14. The molecule has 0 saturated carbocycles. The molecule has 0 aliphatic rings. The fourth-order valence-electron chi connectivity index (χ4n) is 1.63. The summed E-state index contributed by atoms with van der Waals surface area (Å²) in [5.41, 5.74) is 7.42. The summed E-state index contributed by atoms with van der Waals surface area (Å²) < 4.78 is 0.840. The minimum absolute atomic E-state index is 0.624. The zero-order valence-electron chi connectivity index (χ0n) is 9.77. The number of anilines is 2. The van der Waals surface area contributed by atoms with Crippen LogP contribution in [0.25, 0.3) is 0 Å². The van der Waals surface area contributed by atoms with Crippen molar-refractivity contribution in [1.29, 1.82) is 0 Å². The number of nitrogens with two attached hydrogens (primary N) is 1. The first-order valence-electron chi connectivity index (χ1n) is 5.28. The van der Waals surface area contributed by atoms with E-state index in [-0.39, 0.29) is 0 Å². The lowest BCUT2D eigenvalue weighted by Gasteiger charge is -2.20. The minimum Gasteiger partial charge on any atom is -0.399 e. The van der Waals surface area contributed by atoms with Gasteiger partial charge in [0.2, 0.25) is 0 Å². The SMILES string of the molecule is CN(Cc1cc(N)ccc1Cl)c1ncncc1Br. The molecule has 1 heterocycles. The molecule has 0 amide bonds. The van der Waals surface area contributed by atoms with E-state index in [9.17, 15) is 0 Å². The van der Waals surface area contributed by atoms with Gasteiger partial charge in [0.25, 0.3) is 0 Å². The molecule has 2 aromatic rings. The van der Waals surface area contributed by atoms with E-state index >= 15 is 0 Å². The van der Waals surface area contributed by atoms with Gasteiger partial charge in [-0.15, -0.1) is 0 Å². The molecular weight excluding hydrogens is 316 g/mol. The van der Waals surface area contributed by atoms with Crippen LogP contribution in [0.4, 0.5) is 11.5 Å². The maximum atomic E-state index is 6.14. The minimum atomic E-state index is 0.624. The highest BCUT2D eigenvalue weighted by Gasteiger charge is 2.10. The molecule has 0 fully saturated rings. The van der Waals surface area contributed by atoms with Crippen molar-refractivity contribution in [3.05, 3.63) is 45.8 Å². The molecular formula is C12H12BrClN4. The van der Waals surface area contributed by atoms with Crippen LogP contribution >= 0.6 is 27.5 Å². The highest BCUT2D eigenvalue weighted by atomic mass is 79.9. The zero-order valence-corrected chi connectivity index (χ0v) is 12.1. The van der Waals surface area contributed by atoms with Gasteiger partial charge in [-0.1, -0.05) is 11.6 Å². The number of hydrogen-bond acceptors (Lipinski definition) is 4. The molecule has 1 aromatic carbocycles. The molecule has 0 unspecified atom stereocenters. The molecule has 0 radical (unpaired) electrons. The van der Waals surface area contributed by atoms with Crippen molar-refractivity contribution in [3.63, 3.8) is 0 Å². The van der Waals surface area contributed by atoms with Crippen molar-refractivity contribution in [3.8, 4) is 0 Å². The summed E-state index contributed by atoms with van der Waals surface area (Å²) >= 11 is 9.56. The Morgan fingerprint density at radius 2 is 2.22 bits per heavy atom. The van der Waals surface area contributed by atoms with Crippen molar-refractivity contribution in [2.75, 3.05) is 17.7 Å². The molecule has 0 aliphatic carbocycles. The molecule has 94 valence electrons. The van der Waals surface area contributed by atoms with E-state index in [1.165, 1.54) is 6.33 Å². The Morgan fingerprint density at radius 1 is 1.44 bits per heavy atom. The van der Waals surface area contributed by atoms with Gasteiger partial charge in [-0.05, 0) is 39.7 Å². The number of rotatable bonds is 3. The Labute approximate surface area is 119 Å². The second-order valence-electron chi connectivity index (χ2n) is 3.90. The smallest absolute Gasteiger partial charge is 0.146 e. The van der Waals surface area contributed by atoms with Gasteiger partial charge in [0, 0.05) is 30.5 Å². The Balaban J connectivity index is 2.24. The molecule has 2 rings (SSSR count). The standard InChI is InChI=1S/C12H12BrClN4/c1-18(12-10(13)5-16-7-17-12)6-8-4-9(15)2-3-11(8)14/h2-5,7H,6,15H2,1H3. The summed E-state index contributed by atoms with van der Waals surface area (Å²) in [5.74, 6) is 0.809. The summed E-state index contributed by atoms with van der Waals surface area (Å²) in [7, 11) is 1.94. The molecule has 0 saturated heterocycles. The summed E-state index contributed by atoms with van der Waals surface area (Å²) in [4.78, 5) is 10.1. The van der Waals surface area contributed by atoms with Crippen LogP contribution < -0.4 is 10.6 Å². The first-order valence-corrected chi connectivity index (χ1v) is 6.45. The van der Waals surface area contributed by atoms with Gasteiger partial charge in [-0.25, -0.2) is 9.97 Å². The van der Waals surface area contributed by atoms with E-state index in [1.54, 1.807) is 18.3 Å². The number of hydrogen-bond donors (Lipinski definition) is 1. The molecule has 6 heteroatoms. The zero-order chi connectivity index (χ0) is 13.1. The summed E-state index contributed by atoms with van der Waals surface area (Å²) in [6, 6.07) is 5.45. The van der Waals surface area contributed by atoms with Crippen molar-refractivity contribution < 1.29 is 0 Å². The second kappa shape index (κ2) is 5.54. The lowest BCUT2D eigenvalue weighted by Crippen LogP contribution is -2.18. The molecule has 1 aromatic heterocycles. The van der Waals surface area contributed by atoms with Gasteiger partial charge in [-0.3, -0.25) is 0 Å². The molecule has 4 nitrogen and oxygen atoms in total. The van der Waals surface area contributed by atoms with Crippen molar-refractivity contribution in [1.82, 2.24) is 9.97 Å². The van der Waals surface area contributed by atoms with Crippen LogP contribution in [0.15, 0.2) is 35.2 Å². The molecule has 0 spiro atoms. The van der Waals surface area contributed by atoms with Crippen LogP contribution in [-0.2, 0) is 6.54 Å². The van der Waals surface area contributed by atoms with E-state index in [0.717, 1.165) is 15.9 Å². The van der Waals surface area contributed by atoms with Crippen LogP contribution in [0.2, 0.25) is 5.02 Å². The number of nitrogens with zero attached hydrogens (tertiary/aromatic N) is 3. The largest absolute Gasteiger partial charge is 0.399 e. The molecule has 0 aliphatic heterocycles. The highest BCUT2D eigenvalue weighted by Crippen LogP contribution is 2.25. The molecule has 2 N–H and O–H groups in total. The van der Waals surface area contributed by atoms with E-state index in [0.29, 0.717) is 17.3 Å². The normalized spacial score (nSPS) is 10.4. The van der Waals surface area contributed by atoms with E-state index in [1.807, 2.05) is 18.0 Å². The lowest BCUT2D eigenvalue weighted by atomic mass is 10.2. The summed E-state index contributed by atoms with van der Waals surface area (Å²) in [6.45, 7) is 0.624. The van der Waals surface area contributed by atoms with E-state index in [2.05, 4.69) is 25.9 Å². The molecule has 18 heavy (non-hydrogen) atoms. The average molecular weight is 328 g/mol. The Bertz CT molecular complexity index is 562. The predicted molar refractivity (Wildman–Crippen MR) is 77.7 cm³/mol. The van der Waals surface area contributed by atoms with Crippen LogP contribution in [-0.4, -0.2) is 17.0 Å². The van der Waals surface area contributed by atoms with Crippen LogP contribution in [0.1, 0.15) is 5.56 Å². The fourth-order valence-corrected chi connectivity index (χ4v) is 2.33. The predicted octanol–water partition coefficient (Wildman–Crippen LogP) is 3.11. The average Bonchev–Trinajstić information content (AvgIpc) is 2.34. The van der Waals surface area contributed by atoms with Crippen LogP contribution in [0.3, 0.4) is 0 Å². The monoisotopic (exact) mass is 326 g/mol. The van der Waals surface area contributed by atoms with Gasteiger partial charge in [0.15, 0.2) is 0 Å². The molecule has 0 atom stereocenters. The van der Waals surface area contributed by atoms with Crippen molar-refractivity contribution in [2.24, 2.45) is 0 Å². The van der Waals surface area contributed by atoms with Crippen LogP contribution in [0.5, 0.6) is 0 Å². The van der Waals surface area contributed by atoms with Gasteiger partial charge in [0.1, 0.15) is 12.1 Å². The van der Waals surface area contributed by atoms with Gasteiger partial charge < -0.3 is 10.6 Å². The number of halogens is 2. The third-order valence-electron chi connectivity index (χ3n) is 2.49. The lowest BCUT2D eigenvalue weighted by molar-refractivity contribution is 0.886. The Kier molecular flexibility index (Phi) is 4.04. The first kappa shape index (κ1) is 13.1. The third-order valence-corrected chi connectivity index (χ3v) is 3.42. The topological polar surface area (TPSA) is 55.0 Å². The number of benzene rings is 1. The van der Waals surface area contributed by atoms with Crippen LogP contribution in [0, 0.1) is 0 Å². The third kappa shape index (κ3) is 2.91. The van der Waals surface area contributed by atoms with E-state index < -0.39 is 0 Å². The second-order valence-corrected chi connectivity index (χ2v) is 5.16.